The normalized spacial score (nSPS) is 22.3. The molecule has 2 N–H and O–H groups in total. The number of allylic oxidation sites excluding steroid dienone is 2. The van der Waals surface area contributed by atoms with Crippen LogP contribution in [0.1, 0.15) is 97.3 Å². The van der Waals surface area contributed by atoms with Crippen LogP contribution in [0.15, 0.2) is 24.6 Å². The Kier molecular flexibility index (Phi) is 13.7. The maximum absolute atomic E-state index is 9.35. The summed E-state index contributed by atoms with van der Waals surface area (Å²) in [5.74, 6) is 0. The van der Waals surface area contributed by atoms with Crippen molar-refractivity contribution >= 4 is 0 Å². The largest absolute Gasteiger partial charge is 0.390 e. The Hall–Kier alpha value is -0.800. The highest BCUT2D eigenvalue weighted by atomic mass is 16.3. The number of nitrogens with one attached hydrogen (secondary N) is 1. The van der Waals surface area contributed by atoms with Crippen LogP contribution in [-0.2, 0) is 0 Å². The van der Waals surface area contributed by atoms with E-state index in [1.54, 1.807) is 0 Å². The van der Waals surface area contributed by atoms with E-state index < -0.39 is 0 Å². The minimum atomic E-state index is 0.269. The fourth-order valence-electron chi connectivity index (χ4n) is 4.01. The smallest absolute Gasteiger partial charge is 0.166 e. The summed E-state index contributed by atoms with van der Waals surface area (Å²) in [7, 11) is 0. The molecule has 0 fully saturated rings. The Balaban J connectivity index is 1.93. The van der Waals surface area contributed by atoms with E-state index in [0.717, 1.165) is 17.6 Å². The van der Waals surface area contributed by atoms with Gasteiger partial charge in [-0.1, -0.05) is 70.4 Å². The van der Waals surface area contributed by atoms with Gasteiger partial charge < -0.3 is 10.4 Å². The predicted octanol–water partition coefficient (Wildman–Crippen LogP) is 5.86. The van der Waals surface area contributed by atoms with Gasteiger partial charge in [0, 0.05) is 6.42 Å². The average molecular weight is 366 g/mol. The first-order valence-electron chi connectivity index (χ1n) is 11.3. The molecule has 3 heteroatoms. The van der Waals surface area contributed by atoms with Crippen LogP contribution in [0, 0.1) is 0 Å². The second-order valence-corrected chi connectivity index (χ2v) is 7.88. The summed E-state index contributed by atoms with van der Waals surface area (Å²) in [6.07, 6.45) is 26.9. The molecule has 26 heavy (non-hydrogen) atoms. The summed E-state index contributed by atoms with van der Waals surface area (Å²) in [4.78, 5) is 0. The molecule has 1 heterocycles. The number of quaternary nitrogens is 1. The molecule has 2 atom stereocenters. The lowest BCUT2D eigenvalue weighted by Gasteiger charge is -2.36. The van der Waals surface area contributed by atoms with Crippen LogP contribution in [0.4, 0.5) is 0 Å². The molecule has 0 amide bonds. The van der Waals surface area contributed by atoms with Crippen LogP contribution in [-0.4, -0.2) is 35.5 Å². The van der Waals surface area contributed by atoms with E-state index in [9.17, 15) is 5.11 Å². The molecule has 0 saturated carbocycles. The third kappa shape index (κ3) is 9.23. The quantitative estimate of drug-likeness (QED) is 0.192. The molecule has 0 aromatic rings. The first kappa shape index (κ1) is 23.2. The van der Waals surface area contributed by atoms with Gasteiger partial charge in [0.2, 0.25) is 0 Å². The number of hydrogen-bond donors (Lipinski definition) is 2. The van der Waals surface area contributed by atoms with Crippen molar-refractivity contribution in [1.29, 1.82) is 0 Å². The summed E-state index contributed by atoms with van der Waals surface area (Å²) in [5.41, 5.74) is 0. The molecule has 2 unspecified atom stereocenters. The molecule has 0 radical (unpaired) electrons. The van der Waals surface area contributed by atoms with E-state index in [0.29, 0.717) is 6.17 Å². The first-order chi connectivity index (χ1) is 12.8. The SMILES string of the molecule is CCCC/C=C/CCCCCCCCCCC1NC=C[N+]1(CC)CCO. The van der Waals surface area contributed by atoms with Crippen LogP contribution in [0.3, 0.4) is 0 Å². The Morgan fingerprint density at radius 3 is 2.12 bits per heavy atom. The molecule has 1 aliphatic rings. The lowest BCUT2D eigenvalue weighted by Crippen LogP contribution is -2.54. The van der Waals surface area contributed by atoms with E-state index >= 15 is 0 Å². The van der Waals surface area contributed by atoms with Gasteiger partial charge in [-0.2, -0.15) is 0 Å². The van der Waals surface area contributed by atoms with Crippen molar-refractivity contribution < 1.29 is 9.59 Å². The summed E-state index contributed by atoms with van der Waals surface area (Å²) in [5, 5.41) is 12.9. The molecule has 0 aromatic heterocycles. The Morgan fingerprint density at radius 1 is 0.885 bits per heavy atom. The number of hydrogen-bond acceptors (Lipinski definition) is 2. The zero-order chi connectivity index (χ0) is 18.9. The number of rotatable bonds is 17. The van der Waals surface area contributed by atoms with E-state index in [1.807, 2.05) is 0 Å². The molecular weight excluding hydrogens is 320 g/mol. The lowest BCUT2D eigenvalue weighted by molar-refractivity contribution is -0.900. The van der Waals surface area contributed by atoms with E-state index in [2.05, 4.69) is 43.7 Å². The number of nitrogens with zero attached hydrogens (tertiary/aromatic N) is 1. The van der Waals surface area contributed by atoms with Crippen LogP contribution >= 0.6 is 0 Å². The highest BCUT2D eigenvalue weighted by molar-refractivity contribution is 4.84. The van der Waals surface area contributed by atoms with Crippen LogP contribution < -0.4 is 5.32 Å². The molecule has 152 valence electrons. The van der Waals surface area contributed by atoms with Crippen LogP contribution in [0.5, 0.6) is 0 Å². The third-order valence-corrected chi connectivity index (χ3v) is 5.88. The van der Waals surface area contributed by atoms with Crippen molar-refractivity contribution in [1.82, 2.24) is 5.32 Å². The number of aliphatic hydroxyl groups excluding tert-OH is 1. The highest BCUT2D eigenvalue weighted by Gasteiger charge is 2.35. The van der Waals surface area contributed by atoms with Crippen LogP contribution in [0.25, 0.3) is 0 Å². The van der Waals surface area contributed by atoms with Gasteiger partial charge in [-0.15, -0.1) is 0 Å². The minimum Gasteiger partial charge on any atom is -0.390 e. The standard InChI is InChI=1S/C23H45N2O/c1-3-5-6-7-8-9-10-11-12-13-14-15-16-17-18-23-24-19-20-25(23,4-2)21-22-26/h7-8,19-20,23-24,26H,3-6,9-18,21-22H2,1-2H3/q+1/b8-7+. The predicted molar refractivity (Wildman–Crippen MR) is 114 cm³/mol. The fourth-order valence-corrected chi connectivity index (χ4v) is 4.01. The van der Waals surface area contributed by atoms with Crippen molar-refractivity contribution in [3.63, 3.8) is 0 Å². The van der Waals surface area contributed by atoms with E-state index in [4.69, 9.17) is 0 Å². The first-order valence-corrected chi connectivity index (χ1v) is 11.3. The molecule has 0 bridgehead atoms. The van der Waals surface area contributed by atoms with Crippen molar-refractivity contribution in [2.75, 3.05) is 19.7 Å². The van der Waals surface area contributed by atoms with Gasteiger partial charge in [-0.25, -0.2) is 0 Å². The molecular formula is C23H45N2O+. The molecule has 3 nitrogen and oxygen atoms in total. The van der Waals surface area contributed by atoms with Crippen molar-refractivity contribution in [2.45, 2.75) is 103 Å². The van der Waals surface area contributed by atoms with Gasteiger partial charge >= 0.3 is 0 Å². The van der Waals surface area contributed by atoms with E-state index in [-0.39, 0.29) is 6.61 Å². The van der Waals surface area contributed by atoms with Gasteiger partial charge in [0.1, 0.15) is 12.7 Å². The van der Waals surface area contributed by atoms with Crippen LogP contribution in [0.2, 0.25) is 0 Å². The summed E-state index contributed by atoms with van der Waals surface area (Å²) < 4.78 is 0.906. The van der Waals surface area contributed by atoms with Gasteiger partial charge in [0.25, 0.3) is 0 Å². The third-order valence-electron chi connectivity index (χ3n) is 5.88. The van der Waals surface area contributed by atoms with Gasteiger partial charge in [0.05, 0.1) is 19.4 Å². The zero-order valence-electron chi connectivity index (χ0n) is 17.6. The molecule has 0 spiro atoms. The van der Waals surface area contributed by atoms with Gasteiger partial charge in [-0.3, -0.25) is 4.48 Å². The number of likely N-dealkylation sites (N-methyl/N-ethyl adjacent to an activating group) is 1. The van der Waals surface area contributed by atoms with E-state index in [1.165, 1.54) is 83.5 Å². The van der Waals surface area contributed by atoms with Crippen molar-refractivity contribution in [2.24, 2.45) is 0 Å². The maximum Gasteiger partial charge on any atom is 0.166 e. The topological polar surface area (TPSA) is 32.3 Å². The Bertz CT molecular complexity index is 380. The Morgan fingerprint density at radius 2 is 1.50 bits per heavy atom. The maximum atomic E-state index is 9.35. The Labute approximate surface area is 163 Å². The molecule has 0 aliphatic carbocycles. The summed E-state index contributed by atoms with van der Waals surface area (Å²) >= 11 is 0. The molecule has 0 saturated heterocycles. The fraction of sp³-hybridized carbons (Fsp3) is 0.826. The second-order valence-electron chi connectivity index (χ2n) is 7.88. The highest BCUT2D eigenvalue weighted by Crippen LogP contribution is 2.22. The molecule has 0 aromatic carbocycles. The lowest BCUT2D eigenvalue weighted by atomic mass is 10.0. The van der Waals surface area contributed by atoms with Gasteiger partial charge in [-0.05, 0) is 32.6 Å². The average Bonchev–Trinajstić information content (AvgIpc) is 3.05. The van der Waals surface area contributed by atoms with Gasteiger partial charge in [0.15, 0.2) is 6.17 Å². The number of unbranched alkanes of at least 4 members (excludes halogenated alkanes) is 10. The van der Waals surface area contributed by atoms with Crippen molar-refractivity contribution in [3.8, 4) is 0 Å². The summed E-state index contributed by atoms with van der Waals surface area (Å²) in [6, 6.07) is 0. The second kappa shape index (κ2) is 15.3. The molecule has 1 aliphatic heterocycles. The minimum absolute atomic E-state index is 0.269. The molecule has 1 rings (SSSR count). The van der Waals surface area contributed by atoms with Crippen molar-refractivity contribution in [3.05, 3.63) is 24.6 Å². The zero-order valence-corrected chi connectivity index (χ0v) is 17.6. The summed E-state index contributed by atoms with van der Waals surface area (Å²) in [6.45, 7) is 6.64. The monoisotopic (exact) mass is 365 g/mol. The number of aliphatic hydroxyl groups is 1.